The fourth-order valence-electron chi connectivity index (χ4n) is 3.02. The monoisotopic (exact) mass is 437 g/mol. The number of methoxy groups -OCH3 is 1. The molecule has 164 valence electrons. The Hall–Kier alpha value is -4.47. The largest absolute Gasteiger partial charge is 0.493 e. The van der Waals surface area contributed by atoms with E-state index >= 15 is 0 Å². The Morgan fingerprint density at radius 1 is 1.16 bits per heavy atom. The standard InChI is InChI=1S/C22H19N3O7/c1-3-10-24-21(27)16(20(26)23-22(24)28)11-14-8-9-18(19(12-14)31-2)32-13-15-6-4-5-7-17(15)25(29)30/h3-9,11-12H,1,10,13H2,2H3,(H,23,26,28)/b16-11+. The minimum atomic E-state index is -0.812. The molecule has 0 aliphatic carbocycles. The zero-order valence-corrected chi connectivity index (χ0v) is 17.1. The van der Waals surface area contributed by atoms with Gasteiger partial charge in [0.15, 0.2) is 11.5 Å². The first-order valence-corrected chi connectivity index (χ1v) is 9.38. The molecule has 0 aromatic heterocycles. The minimum absolute atomic E-state index is 0.0446. The molecule has 0 unspecified atom stereocenters. The van der Waals surface area contributed by atoms with Crippen LogP contribution in [-0.4, -0.2) is 41.3 Å². The molecule has 10 heteroatoms. The summed E-state index contributed by atoms with van der Waals surface area (Å²) in [6, 6.07) is 10.1. The van der Waals surface area contributed by atoms with Crippen molar-refractivity contribution in [1.82, 2.24) is 10.2 Å². The first-order valence-electron chi connectivity index (χ1n) is 9.38. The molecule has 10 nitrogen and oxygen atoms in total. The van der Waals surface area contributed by atoms with Gasteiger partial charge in [0.05, 0.1) is 17.6 Å². The van der Waals surface area contributed by atoms with Gasteiger partial charge in [-0.25, -0.2) is 4.79 Å². The Kier molecular flexibility index (Phi) is 6.64. The van der Waals surface area contributed by atoms with Gasteiger partial charge < -0.3 is 9.47 Å². The van der Waals surface area contributed by atoms with Gasteiger partial charge in [-0.15, -0.1) is 6.58 Å². The molecule has 3 rings (SSSR count). The molecule has 0 saturated carbocycles. The number of ether oxygens (including phenoxy) is 2. The third kappa shape index (κ3) is 4.64. The fourth-order valence-corrected chi connectivity index (χ4v) is 3.02. The van der Waals surface area contributed by atoms with E-state index in [1.807, 2.05) is 0 Å². The van der Waals surface area contributed by atoms with Crippen molar-refractivity contribution < 1.29 is 28.8 Å². The summed E-state index contributed by atoms with van der Waals surface area (Å²) in [6.07, 6.45) is 2.70. The summed E-state index contributed by atoms with van der Waals surface area (Å²) in [7, 11) is 1.41. The molecule has 4 amide bonds. The van der Waals surface area contributed by atoms with Crippen molar-refractivity contribution in [3.05, 3.63) is 81.9 Å². The maximum Gasteiger partial charge on any atom is 0.331 e. The SMILES string of the molecule is C=CCN1C(=O)NC(=O)/C(=C\c2ccc(OCc3ccccc3[N+](=O)[O-])c(OC)c2)C1=O. The third-order valence-corrected chi connectivity index (χ3v) is 4.57. The fraction of sp³-hybridized carbons (Fsp3) is 0.136. The first kappa shape index (κ1) is 22.2. The lowest BCUT2D eigenvalue weighted by molar-refractivity contribution is -0.385. The second-order valence-electron chi connectivity index (χ2n) is 6.61. The number of nitrogens with one attached hydrogen (secondary N) is 1. The van der Waals surface area contributed by atoms with E-state index in [0.29, 0.717) is 22.6 Å². The van der Waals surface area contributed by atoms with Crippen LogP contribution in [0.1, 0.15) is 11.1 Å². The second kappa shape index (κ2) is 9.56. The molecule has 1 N–H and O–H groups in total. The summed E-state index contributed by atoms with van der Waals surface area (Å²) in [5, 5.41) is 13.3. The third-order valence-electron chi connectivity index (χ3n) is 4.57. The van der Waals surface area contributed by atoms with Crippen molar-refractivity contribution in [2.24, 2.45) is 0 Å². The van der Waals surface area contributed by atoms with Crippen LogP contribution >= 0.6 is 0 Å². The Bertz CT molecular complexity index is 1140. The number of urea groups is 1. The maximum atomic E-state index is 12.5. The van der Waals surface area contributed by atoms with Gasteiger partial charge in [-0.2, -0.15) is 0 Å². The highest BCUT2D eigenvalue weighted by molar-refractivity contribution is 6.31. The van der Waals surface area contributed by atoms with Gasteiger partial charge in [0.1, 0.15) is 12.2 Å². The van der Waals surface area contributed by atoms with Gasteiger partial charge in [-0.1, -0.05) is 24.3 Å². The number of barbiturate groups is 1. The van der Waals surface area contributed by atoms with E-state index in [4.69, 9.17) is 9.47 Å². The number of imide groups is 2. The highest BCUT2D eigenvalue weighted by Gasteiger charge is 2.34. The quantitative estimate of drug-likeness (QED) is 0.221. The van der Waals surface area contributed by atoms with Crippen molar-refractivity contribution >= 4 is 29.6 Å². The summed E-state index contributed by atoms with van der Waals surface area (Å²) < 4.78 is 11.0. The maximum absolute atomic E-state index is 12.5. The molecule has 0 radical (unpaired) electrons. The molecular weight excluding hydrogens is 418 g/mol. The number of para-hydroxylation sites is 1. The number of nitrogens with zero attached hydrogens (tertiary/aromatic N) is 2. The van der Waals surface area contributed by atoms with E-state index < -0.39 is 22.8 Å². The van der Waals surface area contributed by atoms with Crippen LogP contribution in [0.3, 0.4) is 0 Å². The van der Waals surface area contributed by atoms with Crippen molar-refractivity contribution in [1.29, 1.82) is 0 Å². The average Bonchev–Trinajstić information content (AvgIpc) is 2.78. The number of rotatable bonds is 8. The molecule has 0 spiro atoms. The molecule has 0 bridgehead atoms. The zero-order valence-electron chi connectivity index (χ0n) is 17.1. The van der Waals surface area contributed by atoms with E-state index in [-0.39, 0.29) is 24.4 Å². The van der Waals surface area contributed by atoms with E-state index in [1.54, 1.807) is 30.3 Å². The van der Waals surface area contributed by atoms with E-state index in [1.165, 1.54) is 31.4 Å². The van der Waals surface area contributed by atoms with Gasteiger partial charge in [-0.3, -0.25) is 29.9 Å². The molecule has 0 atom stereocenters. The van der Waals surface area contributed by atoms with Gasteiger partial charge in [0.25, 0.3) is 17.5 Å². The van der Waals surface area contributed by atoms with E-state index in [9.17, 15) is 24.5 Å². The first-order chi connectivity index (χ1) is 15.3. The number of carbonyl (C=O) groups is 3. The molecule has 32 heavy (non-hydrogen) atoms. The van der Waals surface area contributed by atoms with Gasteiger partial charge >= 0.3 is 6.03 Å². The number of nitro benzene ring substituents is 1. The van der Waals surface area contributed by atoms with E-state index in [2.05, 4.69) is 11.9 Å². The van der Waals surface area contributed by atoms with Crippen LogP contribution in [-0.2, 0) is 16.2 Å². The summed E-state index contributed by atoms with van der Waals surface area (Å²) >= 11 is 0. The van der Waals surface area contributed by atoms with E-state index in [0.717, 1.165) is 4.90 Å². The van der Waals surface area contributed by atoms with Crippen molar-refractivity contribution in [3.63, 3.8) is 0 Å². The Balaban J connectivity index is 1.84. The van der Waals surface area contributed by atoms with Crippen LogP contribution in [0.5, 0.6) is 11.5 Å². The Morgan fingerprint density at radius 2 is 1.91 bits per heavy atom. The molecular formula is C22H19N3O7. The van der Waals surface area contributed by atoms with Crippen LogP contribution in [0.4, 0.5) is 10.5 Å². The summed E-state index contributed by atoms with van der Waals surface area (Å²) in [5.41, 5.74) is 0.559. The molecule has 2 aromatic carbocycles. The summed E-state index contributed by atoms with van der Waals surface area (Å²) in [6.45, 7) is 3.39. The number of hydrogen-bond donors (Lipinski definition) is 1. The van der Waals surface area contributed by atoms with Crippen molar-refractivity contribution in [2.45, 2.75) is 6.61 Å². The molecule has 1 fully saturated rings. The van der Waals surface area contributed by atoms with Crippen molar-refractivity contribution in [3.8, 4) is 11.5 Å². The normalized spacial score (nSPS) is 14.8. The Labute approximate surface area is 182 Å². The Morgan fingerprint density at radius 3 is 2.59 bits per heavy atom. The number of amides is 4. The minimum Gasteiger partial charge on any atom is -0.493 e. The van der Waals surface area contributed by atoms with Crippen LogP contribution in [0.25, 0.3) is 6.08 Å². The zero-order chi connectivity index (χ0) is 23.3. The van der Waals surface area contributed by atoms with Gasteiger partial charge in [0.2, 0.25) is 0 Å². The lowest BCUT2D eigenvalue weighted by Crippen LogP contribution is -2.54. The smallest absolute Gasteiger partial charge is 0.331 e. The highest BCUT2D eigenvalue weighted by atomic mass is 16.6. The van der Waals surface area contributed by atoms with Gasteiger partial charge in [-0.05, 0) is 29.8 Å². The second-order valence-corrected chi connectivity index (χ2v) is 6.61. The predicted molar refractivity (Wildman–Crippen MR) is 114 cm³/mol. The molecule has 2 aromatic rings. The molecule has 1 saturated heterocycles. The average molecular weight is 437 g/mol. The van der Waals surface area contributed by atoms with Crippen LogP contribution in [0, 0.1) is 10.1 Å². The van der Waals surface area contributed by atoms with Crippen LogP contribution < -0.4 is 14.8 Å². The number of carbonyl (C=O) groups excluding carboxylic acids is 3. The predicted octanol–water partition coefficient (Wildman–Crippen LogP) is 2.83. The van der Waals surface area contributed by atoms with Crippen LogP contribution in [0.2, 0.25) is 0 Å². The summed E-state index contributed by atoms with van der Waals surface area (Å²) in [4.78, 5) is 48.0. The van der Waals surface area contributed by atoms with Crippen LogP contribution in [0.15, 0.2) is 60.7 Å². The highest BCUT2D eigenvalue weighted by Crippen LogP contribution is 2.31. The lowest BCUT2D eigenvalue weighted by Gasteiger charge is -2.25. The number of nitro groups is 1. The molecule has 1 heterocycles. The van der Waals surface area contributed by atoms with Gasteiger partial charge in [0, 0.05) is 12.6 Å². The topological polar surface area (TPSA) is 128 Å². The lowest BCUT2D eigenvalue weighted by atomic mass is 10.1. The molecule has 1 aliphatic rings. The molecule has 1 aliphatic heterocycles. The number of benzene rings is 2. The summed E-state index contributed by atoms with van der Waals surface area (Å²) in [5.74, 6) is -0.943. The van der Waals surface area contributed by atoms with Crippen molar-refractivity contribution in [2.75, 3.05) is 13.7 Å². The number of hydrogen-bond acceptors (Lipinski definition) is 7.